The fourth-order valence-electron chi connectivity index (χ4n) is 4.30. The molecule has 174 valence electrons. The van der Waals surface area contributed by atoms with Crippen molar-refractivity contribution in [2.45, 2.75) is 23.7 Å². The van der Waals surface area contributed by atoms with E-state index in [4.69, 9.17) is 5.14 Å². The highest BCUT2D eigenvalue weighted by atomic mass is 32.2. The number of nitrogens with two attached hydrogens (primary N) is 1. The molecule has 1 aliphatic rings. The number of pyridine rings is 3. The highest BCUT2D eigenvalue weighted by Gasteiger charge is 2.16. The van der Waals surface area contributed by atoms with Crippen molar-refractivity contribution in [2.24, 2.45) is 5.14 Å². The van der Waals surface area contributed by atoms with Gasteiger partial charge in [-0.05, 0) is 73.1 Å². The minimum atomic E-state index is -3.92. The van der Waals surface area contributed by atoms with Gasteiger partial charge in [-0.15, -0.1) is 0 Å². The Morgan fingerprint density at radius 3 is 2.53 bits per heavy atom. The standard InChI is InChI=1S/C24H24N6O3S/c25-34(32,33)20-11-18(13-27-14-20)21-12-17-7-10-28-24(31)22(17)23(30-21)29-19-3-1-15(2-4-19)16-5-8-26-9-6-16/h1-4,7,10-14,16,26H,5-6,8-9H2,(H,28,31)(H,29,30)(H2,25,32,33). The summed E-state index contributed by atoms with van der Waals surface area (Å²) in [6.45, 7) is 2.05. The molecule has 0 aliphatic carbocycles. The van der Waals surface area contributed by atoms with Crippen LogP contribution in [-0.2, 0) is 10.0 Å². The first-order valence-corrected chi connectivity index (χ1v) is 12.5. The van der Waals surface area contributed by atoms with Crippen molar-refractivity contribution in [3.8, 4) is 11.3 Å². The second-order valence-electron chi connectivity index (χ2n) is 8.35. The zero-order valence-corrected chi connectivity index (χ0v) is 19.1. The van der Waals surface area contributed by atoms with Crippen molar-refractivity contribution in [2.75, 3.05) is 18.4 Å². The lowest BCUT2D eigenvalue weighted by molar-refractivity contribution is 0.460. The van der Waals surface area contributed by atoms with Gasteiger partial charge in [-0.1, -0.05) is 12.1 Å². The highest BCUT2D eigenvalue weighted by Crippen LogP contribution is 2.30. The minimum absolute atomic E-state index is 0.110. The Labute approximate surface area is 196 Å². The third-order valence-electron chi connectivity index (χ3n) is 6.08. The van der Waals surface area contributed by atoms with Gasteiger partial charge in [0.15, 0.2) is 0 Å². The van der Waals surface area contributed by atoms with Crippen LogP contribution in [-0.4, -0.2) is 36.5 Å². The third-order valence-corrected chi connectivity index (χ3v) is 6.96. The van der Waals surface area contributed by atoms with Crippen molar-refractivity contribution < 1.29 is 8.42 Å². The maximum atomic E-state index is 12.6. The van der Waals surface area contributed by atoms with Crippen LogP contribution in [0.15, 0.2) is 70.7 Å². The van der Waals surface area contributed by atoms with E-state index in [1.165, 1.54) is 24.0 Å². The van der Waals surface area contributed by atoms with Crippen LogP contribution in [0.2, 0.25) is 0 Å². The molecule has 0 bridgehead atoms. The summed E-state index contributed by atoms with van der Waals surface area (Å²) in [5.41, 5.74) is 2.75. The summed E-state index contributed by atoms with van der Waals surface area (Å²) in [6.07, 6.45) is 6.48. The van der Waals surface area contributed by atoms with Crippen LogP contribution >= 0.6 is 0 Å². The number of sulfonamides is 1. The largest absolute Gasteiger partial charge is 0.340 e. The van der Waals surface area contributed by atoms with E-state index in [0.717, 1.165) is 31.6 Å². The van der Waals surface area contributed by atoms with Crippen molar-refractivity contribution in [3.63, 3.8) is 0 Å². The van der Waals surface area contributed by atoms with Gasteiger partial charge in [0.25, 0.3) is 5.56 Å². The van der Waals surface area contributed by atoms with E-state index in [2.05, 4.69) is 37.7 Å². The Morgan fingerprint density at radius 2 is 1.79 bits per heavy atom. The number of aromatic nitrogens is 3. The molecule has 1 aliphatic heterocycles. The Balaban J connectivity index is 1.55. The molecule has 0 radical (unpaired) electrons. The molecule has 5 rings (SSSR count). The van der Waals surface area contributed by atoms with Crippen LogP contribution in [0.1, 0.15) is 24.3 Å². The van der Waals surface area contributed by atoms with Gasteiger partial charge in [-0.2, -0.15) is 0 Å². The molecule has 5 N–H and O–H groups in total. The Kier molecular flexibility index (Phi) is 5.86. The molecular weight excluding hydrogens is 452 g/mol. The predicted octanol–water partition coefficient (Wildman–Crippen LogP) is 2.84. The van der Waals surface area contributed by atoms with Crippen LogP contribution in [0, 0.1) is 0 Å². The maximum absolute atomic E-state index is 12.6. The highest BCUT2D eigenvalue weighted by molar-refractivity contribution is 7.89. The first-order chi connectivity index (χ1) is 16.4. The molecule has 0 atom stereocenters. The van der Waals surface area contributed by atoms with Crippen molar-refractivity contribution >= 4 is 32.3 Å². The number of primary sulfonamides is 1. The number of hydrogen-bond donors (Lipinski definition) is 4. The molecule has 1 fully saturated rings. The third kappa shape index (κ3) is 4.56. The van der Waals surface area contributed by atoms with Gasteiger partial charge in [-0.3, -0.25) is 9.78 Å². The number of nitrogens with one attached hydrogen (secondary N) is 3. The molecule has 4 heterocycles. The molecule has 0 unspecified atom stereocenters. The zero-order valence-electron chi connectivity index (χ0n) is 18.3. The molecule has 0 saturated carbocycles. The number of anilines is 2. The van der Waals surface area contributed by atoms with E-state index in [1.807, 2.05) is 12.1 Å². The SMILES string of the molecule is NS(=O)(=O)c1cncc(-c2cc3cc[nH]c(=O)c3c(Nc3ccc(C4CCNCC4)cc3)n2)c1. The molecule has 34 heavy (non-hydrogen) atoms. The summed E-state index contributed by atoms with van der Waals surface area (Å²) in [7, 11) is -3.92. The number of H-pyrrole nitrogens is 1. The van der Waals surface area contributed by atoms with E-state index in [1.54, 1.807) is 18.3 Å². The lowest BCUT2D eigenvalue weighted by Crippen LogP contribution is -2.26. The summed E-state index contributed by atoms with van der Waals surface area (Å²) in [6, 6.07) is 13.1. The van der Waals surface area contributed by atoms with E-state index in [-0.39, 0.29) is 10.5 Å². The summed E-state index contributed by atoms with van der Waals surface area (Å²) >= 11 is 0. The minimum Gasteiger partial charge on any atom is -0.340 e. The molecule has 1 saturated heterocycles. The monoisotopic (exact) mass is 476 g/mol. The number of benzene rings is 1. The number of rotatable bonds is 5. The Hall–Kier alpha value is -3.60. The molecule has 4 aromatic rings. The smallest absolute Gasteiger partial charge is 0.259 e. The molecule has 9 nitrogen and oxygen atoms in total. The number of piperidine rings is 1. The van der Waals surface area contributed by atoms with Gasteiger partial charge in [-0.25, -0.2) is 18.5 Å². The van der Waals surface area contributed by atoms with E-state index < -0.39 is 10.0 Å². The topological polar surface area (TPSA) is 143 Å². The van der Waals surface area contributed by atoms with Crippen LogP contribution in [0.4, 0.5) is 11.5 Å². The van der Waals surface area contributed by atoms with Gasteiger partial charge in [0.05, 0.1) is 11.1 Å². The first kappa shape index (κ1) is 22.2. The quantitative estimate of drug-likeness (QED) is 0.347. The average Bonchev–Trinajstić information content (AvgIpc) is 2.84. The number of fused-ring (bicyclic) bond motifs is 1. The zero-order chi connectivity index (χ0) is 23.7. The normalized spacial score (nSPS) is 14.9. The van der Waals surface area contributed by atoms with Gasteiger partial charge in [0.1, 0.15) is 10.7 Å². The second kappa shape index (κ2) is 8.98. The van der Waals surface area contributed by atoms with Gasteiger partial charge < -0.3 is 15.6 Å². The molecule has 3 aromatic heterocycles. The first-order valence-electron chi connectivity index (χ1n) is 11.0. The number of hydrogen-bond acceptors (Lipinski definition) is 7. The lowest BCUT2D eigenvalue weighted by atomic mass is 9.90. The summed E-state index contributed by atoms with van der Waals surface area (Å²) in [4.78, 5) is 23.9. The van der Waals surface area contributed by atoms with Crippen LogP contribution in [0.3, 0.4) is 0 Å². The Bertz CT molecular complexity index is 1510. The maximum Gasteiger partial charge on any atom is 0.259 e. The molecule has 0 amide bonds. The summed E-state index contributed by atoms with van der Waals surface area (Å²) in [5.74, 6) is 0.906. The fourth-order valence-corrected chi connectivity index (χ4v) is 4.80. The van der Waals surface area contributed by atoms with Crippen molar-refractivity contribution in [3.05, 3.63) is 77.0 Å². The number of nitrogens with zero attached hydrogens (tertiary/aromatic N) is 2. The number of aromatic amines is 1. The second-order valence-corrected chi connectivity index (χ2v) is 9.91. The van der Waals surface area contributed by atoms with Crippen molar-refractivity contribution in [1.82, 2.24) is 20.3 Å². The van der Waals surface area contributed by atoms with E-state index in [0.29, 0.717) is 33.8 Å². The summed E-state index contributed by atoms with van der Waals surface area (Å²) in [5, 5.41) is 13.0. The molecular formula is C24H24N6O3S. The lowest BCUT2D eigenvalue weighted by Gasteiger charge is -2.23. The summed E-state index contributed by atoms with van der Waals surface area (Å²) < 4.78 is 23.6. The molecule has 0 spiro atoms. The van der Waals surface area contributed by atoms with E-state index >= 15 is 0 Å². The van der Waals surface area contributed by atoms with Gasteiger partial charge in [0, 0.05) is 29.8 Å². The Morgan fingerprint density at radius 1 is 1.03 bits per heavy atom. The predicted molar refractivity (Wildman–Crippen MR) is 132 cm³/mol. The average molecular weight is 477 g/mol. The molecule has 10 heteroatoms. The molecule has 1 aromatic carbocycles. The van der Waals surface area contributed by atoms with Crippen LogP contribution in [0.25, 0.3) is 22.0 Å². The van der Waals surface area contributed by atoms with E-state index in [9.17, 15) is 13.2 Å². The van der Waals surface area contributed by atoms with Gasteiger partial charge >= 0.3 is 0 Å². The van der Waals surface area contributed by atoms with Gasteiger partial charge in [0.2, 0.25) is 10.0 Å². The van der Waals surface area contributed by atoms with Crippen LogP contribution < -0.4 is 21.3 Å². The fraction of sp³-hybridized carbons (Fsp3) is 0.208. The van der Waals surface area contributed by atoms with Crippen LogP contribution in [0.5, 0.6) is 0 Å². The van der Waals surface area contributed by atoms with Crippen molar-refractivity contribution in [1.29, 1.82) is 0 Å².